The minimum Gasteiger partial charge on any atom is -0.338 e. The molecule has 0 amide bonds. The summed E-state index contributed by atoms with van der Waals surface area (Å²) in [5, 5.41) is 3.21. The normalized spacial score (nSPS) is 27.1. The van der Waals surface area contributed by atoms with Gasteiger partial charge in [0, 0.05) is 50.4 Å². The number of nitrogens with one attached hydrogen (secondary N) is 1. The third-order valence-corrected chi connectivity index (χ3v) is 4.61. The lowest BCUT2D eigenvalue weighted by Crippen LogP contribution is -2.59. The molecule has 0 aliphatic carbocycles. The molecule has 0 radical (unpaired) electrons. The van der Waals surface area contributed by atoms with Crippen molar-refractivity contribution < 1.29 is 13.2 Å². The van der Waals surface area contributed by atoms with Gasteiger partial charge in [-0.05, 0) is 19.9 Å². The molecule has 1 aromatic rings. The largest absolute Gasteiger partial charge is 0.401 e. The fourth-order valence-corrected chi connectivity index (χ4v) is 3.28. The van der Waals surface area contributed by atoms with Gasteiger partial charge in [0.15, 0.2) is 0 Å². The molecule has 128 valence electrons. The average molecular weight is 329 g/mol. The van der Waals surface area contributed by atoms with Crippen molar-refractivity contribution in [2.45, 2.75) is 38.0 Å². The van der Waals surface area contributed by atoms with Gasteiger partial charge in [-0.3, -0.25) is 4.90 Å². The zero-order valence-corrected chi connectivity index (χ0v) is 13.3. The number of anilines is 1. The van der Waals surface area contributed by atoms with E-state index in [1.165, 1.54) is 4.90 Å². The maximum absolute atomic E-state index is 12.7. The van der Waals surface area contributed by atoms with Gasteiger partial charge >= 0.3 is 6.18 Å². The minimum absolute atomic E-state index is 0.196. The van der Waals surface area contributed by atoms with Gasteiger partial charge in [-0.25, -0.2) is 9.97 Å². The highest BCUT2D eigenvalue weighted by atomic mass is 19.4. The van der Waals surface area contributed by atoms with Gasteiger partial charge < -0.3 is 10.2 Å². The molecule has 0 aromatic carbocycles. The van der Waals surface area contributed by atoms with Crippen LogP contribution >= 0.6 is 0 Å². The first-order valence-electron chi connectivity index (χ1n) is 7.94. The Balaban J connectivity index is 1.71. The standard InChI is InChI=1S/C15H22F3N5/c1-10-7-22(8-11(2)23(10)9-15(16,17)18)14-20-4-3-13(21-14)12-5-19-6-12/h3-4,10-12,19H,5-9H2,1-2H3/t10-,11+. The number of nitrogens with zero attached hydrogens (tertiary/aromatic N) is 4. The topological polar surface area (TPSA) is 44.3 Å². The van der Waals surface area contributed by atoms with Crippen molar-refractivity contribution in [3.05, 3.63) is 18.0 Å². The molecule has 0 bridgehead atoms. The number of aromatic nitrogens is 2. The van der Waals surface area contributed by atoms with Gasteiger partial charge in [-0.15, -0.1) is 0 Å². The first-order chi connectivity index (χ1) is 10.8. The van der Waals surface area contributed by atoms with Crippen LogP contribution in [0, 0.1) is 0 Å². The van der Waals surface area contributed by atoms with Crippen LogP contribution < -0.4 is 10.2 Å². The van der Waals surface area contributed by atoms with Crippen LogP contribution in [0.25, 0.3) is 0 Å². The molecule has 3 heterocycles. The fraction of sp³-hybridized carbons (Fsp3) is 0.733. The number of halogens is 3. The van der Waals surface area contributed by atoms with Crippen LogP contribution in [0.2, 0.25) is 0 Å². The molecule has 3 rings (SSSR count). The lowest BCUT2D eigenvalue weighted by molar-refractivity contribution is -0.156. The molecule has 23 heavy (non-hydrogen) atoms. The van der Waals surface area contributed by atoms with Crippen molar-refractivity contribution in [1.29, 1.82) is 0 Å². The molecule has 5 nitrogen and oxygen atoms in total. The molecule has 2 fully saturated rings. The average Bonchev–Trinajstić information content (AvgIpc) is 2.40. The van der Waals surface area contributed by atoms with Gasteiger partial charge in [-0.2, -0.15) is 13.2 Å². The van der Waals surface area contributed by atoms with E-state index in [2.05, 4.69) is 15.3 Å². The lowest BCUT2D eigenvalue weighted by Gasteiger charge is -2.44. The van der Waals surface area contributed by atoms with Crippen LogP contribution in [0.1, 0.15) is 25.5 Å². The Morgan fingerprint density at radius 2 is 1.87 bits per heavy atom. The fourth-order valence-electron chi connectivity index (χ4n) is 3.28. The molecule has 8 heteroatoms. The Kier molecular flexibility index (Phi) is 4.46. The Labute approximate surface area is 133 Å². The second-order valence-corrected chi connectivity index (χ2v) is 6.53. The predicted molar refractivity (Wildman–Crippen MR) is 81.5 cm³/mol. The second-order valence-electron chi connectivity index (χ2n) is 6.53. The van der Waals surface area contributed by atoms with Gasteiger partial charge in [0.1, 0.15) is 0 Å². The minimum atomic E-state index is -4.17. The molecule has 1 aromatic heterocycles. The summed E-state index contributed by atoms with van der Waals surface area (Å²) in [6, 6.07) is 1.53. The number of hydrogen-bond acceptors (Lipinski definition) is 5. The summed E-state index contributed by atoms with van der Waals surface area (Å²) in [6.45, 7) is 5.64. The van der Waals surface area contributed by atoms with Crippen LogP contribution in [0.4, 0.5) is 19.1 Å². The van der Waals surface area contributed by atoms with E-state index in [9.17, 15) is 13.2 Å². The van der Waals surface area contributed by atoms with Gasteiger partial charge in [0.25, 0.3) is 0 Å². The molecule has 2 atom stereocenters. The van der Waals surface area contributed by atoms with Crippen molar-refractivity contribution in [1.82, 2.24) is 20.2 Å². The van der Waals surface area contributed by atoms with E-state index in [1.54, 1.807) is 6.20 Å². The van der Waals surface area contributed by atoms with Gasteiger partial charge in [0.2, 0.25) is 5.95 Å². The number of rotatable bonds is 3. The van der Waals surface area contributed by atoms with E-state index < -0.39 is 12.7 Å². The van der Waals surface area contributed by atoms with Crippen molar-refractivity contribution in [3.63, 3.8) is 0 Å². The highest BCUT2D eigenvalue weighted by Crippen LogP contribution is 2.26. The second kappa shape index (κ2) is 6.24. The molecular weight excluding hydrogens is 307 g/mol. The molecule has 0 saturated carbocycles. The van der Waals surface area contributed by atoms with Crippen LogP contribution in [0.5, 0.6) is 0 Å². The highest BCUT2D eigenvalue weighted by molar-refractivity contribution is 5.33. The first-order valence-corrected chi connectivity index (χ1v) is 7.94. The molecule has 2 saturated heterocycles. The predicted octanol–water partition coefficient (Wildman–Crippen LogP) is 1.62. The van der Waals surface area contributed by atoms with Gasteiger partial charge in [0.05, 0.1) is 12.2 Å². The summed E-state index contributed by atoms with van der Waals surface area (Å²) >= 11 is 0. The molecule has 0 unspecified atom stereocenters. The Bertz CT molecular complexity index is 534. The van der Waals surface area contributed by atoms with E-state index in [4.69, 9.17) is 0 Å². The Morgan fingerprint density at radius 1 is 1.22 bits per heavy atom. The SMILES string of the molecule is C[C@@H]1CN(c2nccc(C3CNC3)n2)C[C@H](C)N1CC(F)(F)F. The Hall–Kier alpha value is -1.41. The summed E-state index contributed by atoms with van der Waals surface area (Å²) in [6.07, 6.45) is -2.42. The zero-order valence-electron chi connectivity index (χ0n) is 13.3. The van der Waals surface area contributed by atoms with E-state index in [0.717, 1.165) is 18.8 Å². The van der Waals surface area contributed by atoms with Gasteiger partial charge in [-0.1, -0.05) is 0 Å². The first kappa shape index (κ1) is 16.4. The monoisotopic (exact) mass is 329 g/mol. The summed E-state index contributed by atoms with van der Waals surface area (Å²) in [4.78, 5) is 12.5. The molecule has 1 N–H and O–H groups in total. The third-order valence-electron chi connectivity index (χ3n) is 4.61. The molecule has 0 spiro atoms. The van der Waals surface area contributed by atoms with E-state index >= 15 is 0 Å². The smallest absolute Gasteiger partial charge is 0.338 e. The van der Waals surface area contributed by atoms with E-state index in [0.29, 0.717) is 25.0 Å². The third kappa shape index (κ3) is 3.74. The summed E-state index contributed by atoms with van der Waals surface area (Å²) in [5.74, 6) is 1.04. The summed E-state index contributed by atoms with van der Waals surface area (Å²) in [7, 11) is 0. The number of piperazine rings is 1. The van der Waals surface area contributed by atoms with Crippen molar-refractivity contribution in [2.75, 3.05) is 37.6 Å². The molecular formula is C15H22F3N5. The van der Waals surface area contributed by atoms with Crippen LogP contribution in [-0.2, 0) is 0 Å². The number of alkyl halides is 3. The maximum atomic E-state index is 12.7. The lowest BCUT2D eigenvalue weighted by atomic mass is 9.99. The quantitative estimate of drug-likeness (QED) is 0.913. The Morgan fingerprint density at radius 3 is 2.39 bits per heavy atom. The van der Waals surface area contributed by atoms with Crippen LogP contribution in [0.3, 0.4) is 0 Å². The highest BCUT2D eigenvalue weighted by Gasteiger charge is 2.38. The van der Waals surface area contributed by atoms with Crippen LogP contribution in [-0.4, -0.2) is 65.9 Å². The van der Waals surface area contributed by atoms with E-state index in [-0.39, 0.29) is 12.1 Å². The maximum Gasteiger partial charge on any atom is 0.401 e. The van der Waals surface area contributed by atoms with Crippen LogP contribution in [0.15, 0.2) is 12.3 Å². The summed E-state index contributed by atoms with van der Waals surface area (Å²) in [5.41, 5.74) is 1.01. The van der Waals surface area contributed by atoms with Crippen molar-refractivity contribution in [2.24, 2.45) is 0 Å². The summed E-state index contributed by atoms with van der Waals surface area (Å²) < 4.78 is 38.1. The van der Waals surface area contributed by atoms with Crippen molar-refractivity contribution in [3.8, 4) is 0 Å². The van der Waals surface area contributed by atoms with Crippen molar-refractivity contribution >= 4 is 5.95 Å². The molecule has 2 aliphatic heterocycles. The number of hydrogen-bond donors (Lipinski definition) is 1. The molecule has 2 aliphatic rings. The zero-order chi connectivity index (χ0) is 16.6. The van der Waals surface area contributed by atoms with E-state index in [1.807, 2.05) is 24.8 Å².